The number of hydrogen-bond acceptors (Lipinski definition) is 8. The zero-order chi connectivity index (χ0) is 20.8. The Morgan fingerprint density at radius 3 is 2.59 bits per heavy atom. The van der Waals surface area contributed by atoms with E-state index in [1.54, 1.807) is 11.8 Å². The summed E-state index contributed by atoms with van der Waals surface area (Å²) in [5.41, 5.74) is 8.47. The number of fused-ring (bicyclic) bond motifs is 1. The Bertz CT molecular complexity index is 969. The number of nitrogens with zero attached hydrogens (tertiary/aromatic N) is 5. The summed E-state index contributed by atoms with van der Waals surface area (Å²) in [6.07, 6.45) is 2.10. The molecule has 2 aromatic heterocycles. The first-order valence-electron chi connectivity index (χ1n) is 9.66. The summed E-state index contributed by atoms with van der Waals surface area (Å²) in [7, 11) is 0. The smallest absolute Gasteiger partial charge is 0.302 e. The molecule has 0 spiro atoms. The molecule has 0 atom stereocenters. The minimum absolute atomic E-state index is 0.282. The van der Waals surface area contributed by atoms with E-state index in [1.165, 1.54) is 18.9 Å². The minimum atomic E-state index is -0.282. The van der Waals surface area contributed by atoms with Gasteiger partial charge >= 0.3 is 5.97 Å². The molecule has 3 aromatic rings. The lowest BCUT2D eigenvalue weighted by Crippen LogP contribution is -2.21. The van der Waals surface area contributed by atoms with Gasteiger partial charge in [0.2, 0.25) is 0 Å². The van der Waals surface area contributed by atoms with Gasteiger partial charge in [0, 0.05) is 37.1 Å². The van der Waals surface area contributed by atoms with Crippen molar-refractivity contribution >= 4 is 40.4 Å². The second-order valence-corrected chi connectivity index (χ2v) is 7.48. The first-order chi connectivity index (χ1) is 14.0. The van der Waals surface area contributed by atoms with Crippen molar-refractivity contribution in [3.63, 3.8) is 0 Å². The molecule has 0 aliphatic carbocycles. The van der Waals surface area contributed by atoms with Gasteiger partial charge in [-0.3, -0.25) is 4.79 Å². The Labute approximate surface area is 174 Å². The fraction of sp³-hybridized carbons (Fsp3) is 0.400. The molecule has 0 unspecified atom stereocenters. The van der Waals surface area contributed by atoms with Crippen LogP contribution in [0, 0.1) is 0 Å². The Hall–Kier alpha value is -2.81. The number of nitrogen functional groups attached to an aromatic ring is 1. The van der Waals surface area contributed by atoms with Gasteiger partial charge in [-0.05, 0) is 44.5 Å². The van der Waals surface area contributed by atoms with E-state index in [9.17, 15) is 4.79 Å². The molecular weight excluding hydrogens is 388 g/mol. The first kappa shape index (κ1) is 20.9. The zero-order valence-electron chi connectivity index (χ0n) is 17.0. The molecule has 9 heteroatoms. The molecule has 0 bridgehead atoms. The molecule has 0 radical (unpaired) electrons. The molecule has 0 amide bonds. The van der Waals surface area contributed by atoms with Crippen molar-refractivity contribution in [1.82, 2.24) is 19.5 Å². The Kier molecular flexibility index (Phi) is 6.92. The lowest BCUT2D eigenvalue weighted by Gasteiger charge is -2.21. The predicted molar refractivity (Wildman–Crippen MR) is 115 cm³/mol. The Balaban J connectivity index is 1.84. The van der Waals surface area contributed by atoms with Gasteiger partial charge in [0.25, 0.3) is 0 Å². The van der Waals surface area contributed by atoms with Gasteiger partial charge in [-0.1, -0.05) is 11.8 Å². The Morgan fingerprint density at radius 2 is 1.93 bits per heavy atom. The number of ether oxygens (including phenoxy) is 1. The van der Waals surface area contributed by atoms with Crippen LogP contribution < -0.4 is 10.6 Å². The predicted octanol–water partition coefficient (Wildman–Crippen LogP) is 3.36. The monoisotopic (exact) mass is 414 g/mol. The minimum Gasteiger partial charge on any atom is -0.466 e. The third-order valence-electron chi connectivity index (χ3n) is 4.53. The zero-order valence-corrected chi connectivity index (χ0v) is 17.8. The van der Waals surface area contributed by atoms with Gasteiger partial charge in [-0.2, -0.15) is 0 Å². The summed E-state index contributed by atoms with van der Waals surface area (Å²) in [5.74, 6) is 0.0717. The maximum Gasteiger partial charge on any atom is 0.302 e. The number of benzene rings is 1. The van der Waals surface area contributed by atoms with Crippen molar-refractivity contribution < 1.29 is 9.53 Å². The molecule has 154 valence electrons. The highest BCUT2D eigenvalue weighted by Crippen LogP contribution is 2.32. The van der Waals surface area contributed by atoms with Crippen molar-refractivity contribution in [2.45, 2.75) is 43.8 Å². The second-order valence-electron chi connectivity index (χ2n) is 6.44. The van der Waals surface area contributed by atoms with Crippen LogP contribution >= 0.6 is 11.8 Å². The van der Waals surface area contributed by atoms with E-state index < -0.39 is 0 Å². The number of hydrogen-bond donors (Lipinski definition) is 1. The fourth-order valence-corrected chi connectivity index (χ4v) is 3.98. The number of carbonyl (C=O) groups excluding carboxylic acids is 1. The maximum atomic E-state index is 11.0. The van der Waals surface area contributed by atoms with Crippen LogP contribution in [0.15, 0.2) is 40.6 Å². The van der Waals surface area contributed by atoms with E-state index in [0.29, 0.717) is 36.6 Å². The van der Waals surface area contributed by atoms with Crippen LogP contribution in [0.4, 0.5) is 11.5 Å². The highest BCUT2D eigenvalue weighted by molar-refractivity contribution is 7.99. The number of carbonyl (C=O) groups is 1. The Morgan fingerprint density at radius 1 is 1.21 bits per heavy atom. The van der Waals surface area contributed by atoms with Gasteiger partial charge in [-0.25, -0.2) is 15.0 Å². The molecule has 3 rings (SSSR count). The van der Waals surface area contributed by atoms with Crippen LogP contribution in [-0.4, -0.2) is 45.2 Å². The van der Waals surface area contributed by atoms with E-state index in [1.807, 2.05) is 4.57 Å². The van der Waals surface area contributed by atoms with Crippen LogP contribution in [0.3, 0.4) is 0 Å². The molecule has 2 heterocycles. The summed E-state index contributed by atoms with van der Waals surface area (Å²) in [4.78, 5) is 27.4. The summed E-state index contributed by atoms with van der Waals surface area (Å²) in [6.45, 7) is 8.60. The third-order valence-corrected chi connectivity index (χ3v) is 5.53. The molecule has 0 aliphatic rings. The largest absolute Gasteiger partial charge is 0.466 e. The second kappa shape index (κ2) is 9.60. The molecule has 0 saturated carbocycles. The number of aromatic nitrogens is 4. The van der Waals surface area contributed by atoms with Gasteiger partial charge in [0.1, 0.15) is 6.33 Å². The van der Waals surface area contributed by atoms with Crippen molar-refractivity contribution in [2.75, 3.05) is 30.3 Å². The van der Waals surface area contributed by atoms with Gasteiger partial charge < -0.3 is 19.9 Å². The number of aryl methyl sites for hydroxylation is 1. The van der Waals surface area contributed by atoms with E-state index >= 15 is 0 Å². The maximum absolute atomic E-state index is 11.0. The topological polar surface area (TPSA) is 99.2 Å². The van der Waals surface area contributed by atoms with E-state index in [2.05, 4.69) is 58.0 Å². The lowest BCUT2D eigenvalue weighted by atomic mass is 10.3. The number of rotatable bonds is 9. The summed E-state index contributed by atoms with van der Waals surface area (Å²) < 4.78 is 7.05. The number of nitrogens with two attached hydrogens (primary N) is 1. The summed E-state index contributed by atoms with van der Waals surface area (Å²) >= 11 is 1.55. The highest BCUT2D eigenvalue weighted by atomic mass is 32.2. The quantitative estimate of drug-likeness (QED) is 0.420. The molecule has 2 N–H and O–H groups in total. The molecular formula is C20H26N6O2S. The van der Waals surface area contributed by atoms with Crippen LogP contribution in [0.2, 0.25) is 0 Å². The summed E-state index contributed by atoms with van der Waals surface area (Å²) in [6, 6.07) is 8.43. The SMILES string of the molecule is CCN(CC)c1ccc(Sc2nc3c(N)ncnc3n2CCCOC(C)=O)cc1. The van der Waals surface area contributed by atoms with Gasteiger partial charge in [0.05, 0.1) is 6.61 Å². The van der Waals surface area contributed by atoms with Crippen molar-refractivity contribution in [3.05, 3.63) is 30.6 Å². The highest BCUT2D eigenvalue weighted by Gasteiger charge is 2.16. The van der Waals surface area contributed by atoms with Crippen LogP contribution in [0.5, 0.6) is 0 Å². The van der Waals surface area contributed by atoms with Crippen LogP contribution in [-0.2, 0) is 16.1 Å². The van der Waals surface area contributed by atoms with Crippen LogP contribution in [0.1, 0.15) is 27.2 Å². The molecule has 0 aliphatic heterocycles. The molecule has 1 aromatic carbocycles. The van der Waals surface area contributed by atoms with E-state index in [4.69, 9.17) is 10.5 Å². The van der Waals surface area contributed by atoms with Crippen molar-refractivity contribution in [3.8, 4) is 0 Å². The van der Waals surface area contributed by atoms with Gasteiger partial charge in [-0.15, -0.1) is 0 Å². The van der Waals surface area contributed by atoms with Crippen molar-refractivity contribution in [2.24, 2.45) is 0 Å². The standard InChI is InChI=1S/C20H26N6O2S/c1-4-25(5-2)15-7-9-16(10-8-15)29-20-24-17-18(21)22-13-23-19(17)26(20)11-6-12-28-14(3)27/h7-10,13H,4-6,11-12H2,1-3H3,(H2,21,22,23). The molecule has 0 saturated heterocycles. The number of imidazole rings is 1. The van der Waals surface area contributed by atoms with E-state index in [0.717, 1.165) is 23.1 Å². The van der Waals surface area contributed by atoms with Crippen molar-refractivity contribution in [1.29, 1.82) is 0 Å². The van der Waals surface area contributed by atoms with Gasteiger partial charge in [0.15, 0.2) is 22.1 Å². The molecule has 0 fully saturated rings. The molecule has 29 heavy (non-hydrogen) atoms. The first-order valence-corrected chi connectivity index (χ1v) is 10.5. The number of anilines is 2. The average molecular weight is 415 g/mol. The van der Waals surface area contributed by atoms with Crippen LogP contribution in [0.25, 0.3) is 11.2 Å². The lowest BCUT2D eigenvalue weighted by molar-refractivity contribution is -0.141. The van der Waals surface area contributed by atoms with E-state index in [-0.39, 0.29) is 5.97 Å². The number of esters is 1. The summed E-state index contributed by atoms with van der Waals surface area (Å²) in [5, 5.41) is 0.783. The molecule has 8 nitrogen and oxygen atoms in total. The fourth-order valence-electron chi connectivity index (χ4n) is 3.07. The normalized spacial score (nSPS) is 11.0. The third kappa shape index (κ3) is 4.97. The average Bonchev–Trinajstić information content (AvgIpc) is 3.06.